The van der Waals surface area contributed by atoms with Gasteiger partial charge in [0.1, 0.15) is 17.6 Å². The predicted molar refractivity (Wildman–Crippen MR) is 130 cm³/mol. The van der Waals surface area contributed by atoms with Crippen molar-refractivity contribution in [3.05, 3.63) is 81.4 Å². The van der Waals surface area contributed by atoms with E-state index in [1.807, 2.05) is 0 Å². The first kappa shape index (κ1) is 23.5. The molecule has 37 heavy (non-hydrogen) atoms. The zero-order chi connectivity index (χ0) is 26.1. The minimum Gasteiger partial charge on any atom is -0.497 e. The Balaban J connectivity index is 1.64. The van der Waals surface area contributed by atoms with Crippen molar-refractivity contribution in [2.75, 3.05) is 12.4 Å². The van der Waals surface area contributed by atoms with Crippen molar-refractivity contribution in [3.63, 3.8) is 0 Å². The van der Waals surface area contributed by atoms with Crippen molar-refractivity contribution in [2.45, 2.75) is 0 Å². The standard InChI is InChI=1S/C23H13FN8O4S/c1-36-14-4-2-13(3-5-14)31-22-15(11-27-31)21(30-23(33)18-6-7-19(37-18)32(34)35)28-20(29-22)12-8-16(24)17(9-25)26-10-12/h2-8,10-11H,1H3,(H,28,29,30,33). The number of carbonyl (C=O) groups is 1. The summed E-state index contributed by atoms with van der Waals surface area (Å²) < 4.78 is 21.0. The monoisotopic (exact) mass is 516 g/mol. The van der Waals surface area contributed by atoms with E-state index >= 15 is 0 Å². The zero-order valence-corrected chi connectivity index (χ0v) is 19.6. The summed E-state index contributed by atoms with van der Waals surface area (Å²) in [7, 11) is 1.54. The Labute approximate surface area is 210 Å². The number of hydrogen-bond acceptors (Lipinski definition) is 10. The van der Waals surface area contributed by atoms with E-state index in [-0.39, 0.29) is 38.4 Å². The molecule has 0 saturated heterocycles. The van der Waals surface area contributed by atoms with E-state index in [1.165, 1.54) is 29.2 Å². The highest BCUT2D eigenvalue weighted by Crippen LogP contribution is 2.29. The van der Waals surface area contributed by atoms with Gasteiger partial charge in [0.2, 0.25) is 0 Å². The maximum absolute atomic E-state index is 14.3. The summed E-state index contributed by atoms with van der Waals surface area (Å²) in [4.78, 5) is 36.1. The van der Waals surface area contributed by atoms with Gasteiger partial charge in [-0.05, 0) is 36.4 Å². The van der Waals surface area contributed by atoms with Crippen LogP contribution in [0.15, 0.2) is 54.9 Å². The van der Waals surface area contributed by atoms with Crippen LogP contribution in [0.2, 0.25) is 0 Å². The van der Waals surface area contributed by atoms with Crippen molar-refractivity contribution in [1.29, 1.82) is 5.26 Å². The van der Waals surface area contributed by atoms with E-state index < -0.39 is 16.6 Å². The number of pyridine rings is 1. The van der Waals surface area contributed by atoms with Crippen LogP contribution < -0.4 is 10.1 Å². The third kappa shape index (κ3) is 4.42. The van der Waals surface area contributed by atoms with Gasteiger partial charge in [-0.3, -0.25) is 14.9 Å². The van der Waals surface area contributed by atoms with E-state index in [4.69, 9.17) is 10.00 Å². The molecule has 182 valence electrons. The molecule has 0 aliphatic heterocycles. The summed E-state index contributed by atoms with van der Waals surface area (Å²) in [6, 6.07) is 12.2. The van der Waals surface area contributed by atoms with Crippen LogP contribution in [0.25, 0.3) is 28.1 Å². The van der Waals surface area contributed by atoms with Crippen LogP contribution in [0, 0.1) is 27.3 Å². The average molecular weight is 516 g/mol. The van der Waals surface area contributed by atoms with Crippen molar-refractivity contribution in [1.82, 2.24) is 24.7 Å². The number of nitrogens with zero attached hydrogens (tertiary/aromatic N) is 7. The van der Waals surface area contributed by atoms with Crippen LogP contribution in [0.5, 0.6) is 5.75 Å². The normalized spacial score (nSPS) is 10.7. The zero-order valence-electron chi connectivity index (χ0n) is 18.7. The Kier molecular flexibility index (Phi) is 5.96. The number of hydrogen-bond donors (Lipinski definition) is 1. The number of benzene rings is 1. The fourth-order valence-corrected chi connectivity index (χ4v) is 4.12. The van der Waals surface area contributed by atoms with Crippen molar-refractivity contribution in [2.24, 2.45) is 0 Å². The number of aromatic nitrogens is 5. The van der Waals surface area contributed by atoms with E-state index in [0.29, 0.717) is 28.2 Å². The second kappa shape index (κ2) is 9.40. The third-order valence-corrected chi connectivity index (χ3v) is 6.21. The summed E-state index contributed by atoms with van der Waals surface area (Å²) >= 11 is 0.708. The van der Waals surface area contributed by atoms with E-state index in [0.717, 1.165) is 6.07 Å². The van der Waals surface area contributed by atoms with Crippen LogP contribution in [-0.2, 0) is 0 Å². The van der Waals surface area contributed by atoms with Crippen LogP contribution in [0.4, 0.5) is 15.2 Å². The van der Waals surface area contributed by atoms with Crippen LogP contribution in [0.1, 0.15) is 15.4 Å². The number of amides is 1. The van der Waals surface area contributed by atoms with Crippen LogP contribution in [0.3, 0.4) is 0 Å². The molecule has 0 spiro atoms. The highest BCUT2D eigenvalue weighted by molar-refractivity contribution is 7.17. The van der Waals surface area contributed by atoms with Gasteiger partial charge in [-0.25, -0.2) is 24.0 Å². The molecule has 0 atom stereocenters. The third-order valence-electron chi connectivity index (χ3n) is 5.18. The van der Waals surface area contributed by atoms with Gasteiger partial charge in [-0.1, -0.05) is 11.3 Å². The molecule has 5 rings (SSSR count). The first-order valence-corrected chi connectivity index (χ1v) is 11.2. The topological polar surface area (TPSA) is 162 Å². The Bertz CT molecular complexity index is 1730. The lowest BCUT2D eigenvalue weighted by atomic mass is 10.2. The van der Waals surface area contributed by atoms with Crippen LogP contribution in [-0.4, -0.2) is 42.7 Å². The molecule has 0 aliphatic rings. The van der Waals surface area contributed by atoms with Crippen molar-refractivity contribution in [3.8, 4) is 28.9 Å². The fraction of sp³-hybridized carbons (Fsp3) is 0.0435. The molecule has 1 aromatic carbocycles. The number of nitrogens with one attached hydrogen (secondary N) is 1. The summed E-state index contributed by atoms with van der Waals surface area (Å²) in [5.74, 6) is -0.807. The van der Waals surface area contributed by atoms with Gasteiger partial charge in [0.05, 0.1) is 34.2 Å². The van der Waals surface area contributed by atoms with Gasteiger partial charge in [-0.2, -0.15) is 10.4 Å². The minimum atomic E-state index is -0.858. The quantitative estimate of drug-likeness (QED) is 0.258. The number of nitro groups is 1. The number of rotatable bonds is 6. The molecule has 0 radical (unpaired) electrons. The molecule has 1 N–H and O–H groups in total. The molecule has 4 heterocycles. The highest BCUT2D eigenvalue weighted by Gasteiger charge is 2.21. The second-order valence-corrected chi connectivity index (χ2v) is 8.47. The first-order valence-electron chi connectivity index (χ1n) is 10.4. The first-order chi connectivity index (χ1) is 17.9. The van der Waals surface area contributed by atoms with E-state index in [2.05, 4.69) is 25.4 Å². The second-order valence-electron chi connectivity index (χ2n) is 7.40. The lowest BCUT2D eigenvalue weighted by molar-refractivity contribution is -0.380. The number of fused-ring (bicyclic) bond motifs is 1. The minimum absolute atomic E-state index is 0.00566. The van der Waals surface area contributed by atoms with Crippen LogP contribution >= 0.6 is 11.3 Å². The molecule has 0 unspecified atom stereocenters. The largest absolute Gasteiger partial charge is 0.497 e. The lowest BCUT2D eigenvalue weighted by Crippen LogP contribution is -2.13. The van der Waals surface area contributed by atoms with E-state index in [9.17, 15) is 19.3 Å². The molecule has 5 aromatic rings. The molecule has 0 bridgehead atoms. The number of halogens is 1. The maximum Gasteiger partial charge on any atom is 0.324 e. The van der Waals surface area contributed by atoms with Gasteiger partial charge < -0.3 is 10.1 Å². The number of anilines is 1. The predicted octanol–water partition coefficient (Wildman–Crippen LogP) is 4.12. The van der Waals surface area contributed by atoms with E-state index in [1.54, 1.807) is 37.4 Å². The van der Waals surface area contributed by atoms with Gasteiger partial charge in [0.15, 0.2) is 23.0 Å². The molecule has 4 aromatic heterocycles. The molecule has 0 saturated carbocycles. The Morgan fingerprint density at radius 2 is 2.00 bits per heavy atom. The highest BCUT2D eigenvalue weighted by atomic mass is 32.1. The molecule has 12 nitrogen and oxygen atoms in total. The summed E-state index contributed by atoms with van der Waals surface area (Å²) in [5, 5.41) is 27.2. The number of nitriles is 1. The van der Waals surface area contributed by atoms with Gasteiger partial charge in [0.25, 0.3) is 5.91 Å². The molecule has 0 aliphatic carbocycles. The number of carbonyl (C=O) groups excluding carboxylic acids is 1. The summed E-state index contributed by atoms with van der Waals surface area (Å²) in [5.41, 5.74) is 0.673. The summed E-state index contributed by atoms with van der Waals surface area (Å²) in [6.45, 7) is 0. The molecule has 0 fully saturated rings. The number of ether oxygens (including phenoxy) is 1. The molecule has 1 amide bonds. The SMILES string of the molecule is COc1ccc(-n2ncc3c(NC(=O)c4ccc([N+](=O)[O-])s4)nc(-c4cnc(C#N)c(F)c4)nc32)cc1. The van der Waals surface area contributed by atoms with Crippen molar-refractivity contribution >= 4 is 39.1 Å². The smallest absolute Gasteiger partial charge is 0.324 e. The maximum atomic E-state index is 14.3. The Hall–Kier alpha value is -5.29. The van der Waals surface area contributed by atoms with Gasteiger partial charge in [-0.15, -0.1) is 0 Å². The van der Waals surface area contributed by atoms with Gasteiger partial charge in [0, 0.05) is 17.8 Å². The molecular formula is C23H13FN8O4S. The average Bonchev–Trinajstić information content (AvgIpc) is 3.57. The summed E-state index contributed by atoms with van der Waals surface area (Å²) in [6.07, 6.45) is 2.69. The Morgan fingerprint density at radius 3 is 2.65 bits per heavy atom. The van der Waals surface area contributed by atoms with Gasteiger partial charge >= 0.3 is 5.00 Å². The fourth-order valence-electron chi connectivity index (χ4n) is 3.40. The molecular weight excluding hydrogens is 503 g/mol. The number of thiophene rings is 1. The molecule has 14 heteroatoms. The van der Waals surface area contributed by atoms with Crippen molar-refractivity contribution < 1.29 is 18.8 Å². The lowest BCUT2D eigenvalue weighted by Gasteiger charge is -2.09. The Morgan fingerprint density at radius 1 is 1.22 bits per heavy atom. The number of methoxy groups -OCH3 is 1.